The van der Waals surface area contributed by atoms with Crippen LogP contribution in [-0.2, 0) is 6.42 Å². The first kappa shape index (κ1) is 10.8. The van der Waals surface area contributed by atoms with Crippen molar-refractivity contribution in [2.24, 2.45) is 5.41 Å². The molecule has 0 bridgehead atoms. The first-order chi connectivity index (χ1) is 6.42. The third-order valence-corrected chi connectivity index (χ3v) is 1.89. The molecule has 1 aromatic rings. The Labute approximate surface area is 85.3 Å². The van der Waals surface area contributed by atoms with Crippen LogP contribution in [0.5, 0.6) is 5.88 Å². The van der Waals surface area contributed by atoms with Gasteiger partial charge in [0.05, 0.1) is 18.5 Å². The predicted octanol–water partition coefficient (Wildman–Crippen LogP) is 2.26. The van der Waals surface area contributed by atoms with Crippen molar-refractivity contribution in [2.75, 3.05) is 12.8 Å². The van der Waals surface area contributed by atoms with Crippen molar-refractivity contribution in [3.05, 3.63) is 17.8 Å². The molecule has 0 saturated carbocycles. The molecule has 2 N–H and O–H groups in total. The van der Waals surface area contributed by atoms with Gasteiger partial charge in [0.2, 0.25) is 5.88 Å². The van der Waals surface area contributed by atoms with Gasteiger partial charge in [0.25, 0.3) is 0 Å². The minimum absolute atomic E-state index is 0.188. The fourth-order valence-corrected chi connectivity index (χ4v) is 1.25. The van der Waals surface area contributed by atoms with Gasteiger partial charge in [0.1, 0.15) is 0 Å². The smallest absolute Gasteiger partial charge is 0.213 e. The average Bonchev–Trinajstić information content (AvgIpc) is 2.06. The van der Waals surface area contributed by atoms with Gasteiger partial charge >= 0.3 is 0 Å². The van der Waals surface area contributed by atoms with E-state index in [9.17, 15) is 0 Å². The highest BCUT2D eigenvalue weighted by molar-refractivity contribution is 5.44. The summed E-state index contributed by atoms with van der Waals surface area (Å²) in [7, 11) is 1.61. The molecule has 0 aliphatic carbocycles. The van der Waals surface area contributed by atoms with Crippen molar-refractivity contribution in [2.45, 2.75) is 27.2 Å². The van der Waals surface area contributed by atoms with E-state index in [1.54, 1.807) is 13.2 Å². The van der Waals surface area contributed by atoms with Crippen LogP contribution in [0, 0.1) is 5.41 Å². The molecule has 0 amide bonds. The summed E-state index contributed by atoms with van der Waals surface area (Å²) in [6.45, 7) is 6.48. The van der Waals surface area contributed by atoms with E-state index in [0.29, 0.717) is 5.88 Å². The number of hydrogen-bond acceptors (Lipinski definition) is 3. The zero-order valence-corrected chi connectivity index (χ0v) is 9.29. The van der Waals surface area contributed by atoms with Crippen LogP contribution >= 0.6 is 0 Å². The molecule has 1 rings (SSSR count). The highest BCUT2D eigenvalue weighted by Gasteiger charge is 2.14. The SMILES string of the molecule is COc1ccc(N)c(CC(C)(C)C)n1. The number of aromatic nitrogens is 1. The van der Waals surface area contributed by atoms with Crippen molar-refractivity contribution in [3.63, 3.8) is 0 Å². The van der Waals surface area contributed by atoms with Gasteiger partial charge in [0.15, 0.2) is 0 Å². The van der Waals surface area contributed by atoms with E-state index in [1.165, 1.54) is 0 Å². The monoisotopic (exact) mass is 194 g/mol. The Kier molecular flexibility index (Phi) is 2.99. The van der Waals surface area contributed by atoms with Gasteiger partial charge in [-0.3, -0.25) is 0 Å². The van der Waals surface area contributed by atoms with Crippen LogP contribution in [-0.4, -0.2) is 12.1 Å². The van der Waals surface area contributed by atoms with E-state index in [1.807, 2.05) is 6.07 Å². The van der Waals surface area contributed by atoms with Gasteiger partial charge in [-0.2, -0.15) is 0 Å². The maximum absolute atomic E-state index is 5.83. The summed E-state index contributed by atoms with van der Waals surface area (Å²) in [6.07, 6.45) is 0.857. The normalized spacial score (nSPS) is 11.4. The maximum atomic E-state index is 5.83. The molecule has 0 radical (unpaired) electrons. The zero-order valence-electron chi connectivity index (χ0n) is 9.29. The minimum Gasteiger partial charge on any atom is -0.481 e. The summed E-state index contributed by atoms with van der Waals surface area (Å²) >= 11 is 0. The van der Waals surface area contributed by atoms with E-state index >= 15 is 0 Å². The van der Waals surface area contributed by atoms with Crippen LogP contribution < -0.4 is 10.5 Å². The number of nitrogens with two attached hydrogens (primary N) is 1. The number of nitrogens with zero attached hydrogens (tertiary/aromatic N) is 1. The largest absolute Gasteiger partial charge is 0.481 e. The lowest BCUT2D eigenvalue weighted by atomic mass is 9.90. The first-order valence-corrected chi connectivity index (χ1v) is 4.72. The van der Waals surface area contributed by atoms with Crippen molar-refractivity contribution in [3.8, 4) is 5.88 Å². The fraction of sp³-hybridized carbons (Fsp3) is 0.545. The minimum atomic E-state index is 0.188. The summed E-state index contributed by atoms with van der Waals surface area (Å²) in [5, 5.41) is 0. The number of methoxy groups -OCH3 is 1. The van der Waals surface area contributed by atoms with Gasteiger partial charge < -0.3 is 10.5 Å². The van der Waals surface area contributed by atoms with Gasteiger partial charge in [-0.25, -0.2) is 4.98 Å². The molecule has 14 heavy (non-hydrogen) atoms. The standard InChI is InChI=1S/C11H18N2O/c1-11(2,3)7-9-8(12)5-6-10(13-9)14-4/h5-6H,7,12H2,1-4H3. The van der Waals surface area contributed by atoms with E-state index in [-0.39, 0.29) is 5.41 Å². The van der Waals surface area contributed by atoms with E-state index in [2.05, 4.69) is 25.8 Å². The Morgan fingerprint density at radius 2 is 2.00 bits per heavy atom. The van der Waals surface area contributed by atoms with Crippen LogP contribution in [0.15, 0.2) is 12.1 Å². The molecule has 0 aromatic carbocycles. The van der Waals surface area contributed by atoms with Crippen LogP contribution in [0.25, 0.3) is 0 Å². The lowest BCUT2D eigenvalue weighted by Gasteiger charge is -2.18. The Hall–Kier alpha value is -1.25. The van der Waals surface area contributed by atoms with Crippen LogP contribution in [0.3, 0.4) is 0 Å². The molecular formula is C11H18N2O. The first-order valence-electron chi connectivity index (χ1n) is 4.72. The zero-order chi connectivity index (χ0) is 10.8. The molecule has 1 heterocycles. The molecular weight excluding hydrogens is 176 g/mol. The topological polar surface area (TPSA) is 48.1 Å². The third-order valence-electron chi connectivity index (χ3n) is 1.89. The van der Waals surface area contributed by atoms with E-state index < -0.39 is 0 Å². The Balaban J connectivity index is 2.95. The van der Waals surface area contributed by atoms with Crippen molar-refractivity contribution in [1.82, 2.24) is 4.98 Å². The Morgan fingerprint density at radius 1 is 1.36 bits per heavy atom. The second kappa shape index (κ2) is 3.86. The number of anilines is 1. The van der Waals surface area contributed by atoms with Gasteiger partial charge in [-0.15, -0.1) is 0 Å². The van der Waals surface area contributed by atoms with Gasteiger partial charge in [-0.05, 0) is 17.9 Å². The third kappa shape index (κ3) is 2.91. The Bertz CT molecular complexity index is 316. The lowest BCUT2D eigenvalue weighted by molar-refractivity contribution is 0.383. The molecule has 78 valence electrons. The number of rotatable bonds is 2. The predicted molar refractivity (Wildman–Crippen MR) is 58.4 cm³/mol. The van der Waals surface area contributed by atoms with Gasteiger partial charge in [-0.1, -0.05) is 20.8 Å². The number of pyridine rings is 1. The Morgan fingerprint density at radius 3 is 2.50 bits per heavy atom. The number of ether oxygens (including phenoxy) is 1. The van der Waals surface area contributed by atoms with Gasteiger partial charge in [0, 0.05) is 6.07 Å². The molecule has 0 saturated heterocycles. The average molecular weight is 194 g/mol. The van der Waals surface area contributed by atoms with Crippen LogP contribution in [0.1, 0.15) is 26.5 Å². The van der Waals surface area contributed by atoms with E-state index in [4.69, 9.17) is 10.5 Å². The van der Waals surface area contributed by atoms with Crippen LogP contribution in [0.4, 0.5) is 5.69 Å². The molecule has 0 aliphatic rings. The summed E-state index contributed by atoms with van der Waals surface area (Å²) in [5.74, 6) is 0.624. The molecule has 3 nitrogen and oxygen atoms in total. The van der Waals surface area contributed by atoms with Crippen molar-refractivity contribution >= 4 is 5.69 Å². The summed E-state index contributed by atoms with van der Waals surface area (Å²) in [6, 6.07) is 3.62. The molecule has 0 atom stereocenters. The van der Waals surface area contributed by atoms with Crippen LogP contribution in [0.2, 0.25) is 0 Å². The summed E-state index contributed by atoms with van der Waals surface area (Å²) in [5.41, 5.74) is 7.67. The number of nitrogen functional groups attached to an aromatic ring is 1. The van der Waals surface area contributed by atoms with Crippen molar-refractivity contribution < 1.29 is 4.74 Å². The summed E-state index contributed by atoms with van der Waals surface area (Å²) < 4.78 is 5.06. The molecule has 0 unspecified atom stereocenters. The molecule has 3 heteroatoms. The highest BCUT2D eigenvalue weighted by Crippen LogP contribution is 2.24. The highest BCUT2D eigenvalue weighted by atomic mass is 16.5. The van der Waals surface area contributed by atoms with E-state index in [0.717, 1.165) is 17.8 Å². The van der Waals surface area contributed by atoms with Crippen molar-refractivity contribution in [1.29, 1.82) is 0 Å². The molecule has 0 fully saturated rings. The molecule has 1 aromatic heterocycles. The maximum Gasteiger partial charge on any atom is 0.213 e. The molecule has 0 aliphatic heterocycles. The second-order valence-corrected chi connectivity index (χ2v) is 4.63. The number of hydrogen-bond donors (Lipinski definition) is 1. The summed E-state index contributed by atoms with van der Waals surface area (Å²) in [4.78, 5) is 4.33. The lowest BCUT2D eigenvalue weighted by Crippen LogP contribution is -2.12. The fourth-order valence-electron chi connectivity index (χ4n) is 1.25. The quantitative estimate of drug-likeness (QED) is 0.785. The molecule has 0 spiro atoms. The second-order valence-electron chi connectivity index (χ2n) is 4.63.